The monoisotopic (exact) mass is 196 g/mol. The van der Waals surface area contributed by atoms with Crippen molar-refractivity contribution in [1.29, 1.82) is 0 Å². The molecule has 1 saturated heterocycles. The SMILES string of the molecule is OC(c1ccsc1)C1C2COCC21. The zero-order valence-corrected chi connectivity index (χ0v) is 8.04. The normalized spacial score (nSPS) is 38.7. The molecule has 0 radical (unpaired) electrons. The van der Waals surface area contributed by atoms with Crippen molar-refractivity contribution in [2.45, 2.75) is 6.10 Å². The summed E-state index contributed by atoms with van der Waals surface area (Å²) in [5.74, 6) is 1.74. The molecule has 0 bridgehead atoms. The minimum atomic E-state index is -0.245. The fourth-order valence-corrected chi connectivity index (χ4v) is 3.11. The van der Waals surface area contributed by atoms with Crippen molar-refractivity contribution in [2.24, 2.45) is 17.8 Å². The van der Waals surface area contributed by atoms with E-state index in [0.717, 1.165) is 18.8 Å². The van der Waals surface area contributed by atoms with Crippen LogP contribution in [0, 0.1) is 17.8 Å². The Morgan fingerprint density at radius 2 is 2.23 bits per heavy atom. The Morgan fingerprint density at radius 1 is 1.46 bits per heavy atom. The Morgan fingerprint density at radius 3 is 2.85 bits per heavy atom. The van der Waals surface area contributed by atoms with Crippen LogP contribution in [0.15, 0.2) is 16.8 Å². The molecule has 3 atom stereocenters. The number of fused-ring (bicyclic) bond motifs is 1. The van der Waals surface area contributed by atoms with Gasteiger partial charge in [0.1, 0.15) is 0 Å². The Hall–Kier alpha value is -0.380. The van der Waals surface area contributed by atoms with Crippen molar-refractivity contribution >= 4 is 11.3 Å². The van der Waals surface area contributed by atoms with E-state index < -0.39 is 0 Å². The lowest BCUT2D eigenvalue weighted by Crippen LogP contribution is -2.07. The van der Waals surface area contributed by atoms with E-state index in [9.17, 15) is 5.11 Å². The van der Waals surface area contributed by atoms with E-state index in [-0.39, 0.29) is 6.10 Å². The lowest BCUT2D eigenvalue weighted by atomic mass is 10.1. The van der Waals surface area contributed by atoms with Crippen LogP contribution < -0.4 is 0 Å². The number of thiophene rings is 1. The van der Waals surface area contributed by atoms with Gasteiger partial charge in [0.15, 0.2) is 0 Å². The van der Waals surface area contributed by atoms with Crippen molar-refractivity contribution in [3.05, 3.63) is 22.4 Å². The fourth-order valence-electron chi connectivity index (χ4n) is 2.42. The van der Waals surface area contributed by atoms with Crippen LogP contribution in [-0.2, 0) is 4.74 Å². The summed E-state index contributed by atoms with van der Waals surface area (Å²) in [6.07, 6.45) is -0.245. The molecule has 0 amide bonds. The molecule has 1 aliphatic heterocycles. The van der Waals surface area contributed by atoms with Crippen molar-refractivity contribution < 1.29 is 9.84 Å². The molecule has 2 fully saturated rings. The first-order valence-electron chi connectivity index (χ1n) is 4.66. The van der Waals surface area contributed by atoms with Gasteiger partial charge in [0, 0.05) is 0 Å². The summed E-state index contributed by atoms with van der Waals surface area (Å²) >= 11 is 1.65. The lowest BCUT2D eigenvalue weighted by Gasteiger charge is -2.10. The molecule has 1 aromatic rings. The third-order valence-corrected chi connectivity index (χ3v) is 3.97. The van der Waals surface area contributed by atoms with Gasteiger partial charge in [0.25, 0.3) is 0 Å². The Bertz CT molecular complexity index is 286. The van der Waals surface area contributed by atoms with Crippen LogP contribution in [0.1, 0.15) is 11.7 Å². The van der Waals surface area contributed by atoms with E-state index in [2.05, 4.69) is 0 Å². The van der Waals surface area contributed by atoms with Crippen LogP contribution in [-0.4, -0.2) is 18.3 Å². The van der Waals surface area contributed by atoms with E-state index in [0.29, 0.717) is 17.8 Å². The van der Waals surface area contributed by atoms with Crippen LogP contribution in [0.3, 0.4) is 0 Å². The molecular weight excluding hydrogens is 184 g/mol. The van der Waals surface area contributed by atoms with E-state index in [1.165, 1.54) is 0 Å². The molecule has 13 heavy (non-hydrogen) atoms. The molecule has 1 aromatic heterocycles. The summed E-state index contributed by atoms with van der Waals surface area (Å²) in [6, 6.07) is 2.02. The summed E-state index contributed by atoms with van der Waals surface area (Å²) in [5, 5.41) is 14.1. The third kappa shape index (κ3) is 1.15. The largest absolute Gasteiger partial charge is 0.388 e. The van der Waals surface area contributed by atoms with Gasteiger partial charge < -0.3 is 9.84 Å². The highest BCUT2D eigenvalue weighted by Crippen LogP contribution is 2.56. The van der Waals surface area contributed by atoms with Crippen molar-refractivity contribution in [1.82, 2.24) is 0 Å². The van der Waals surface area contributed by atoms with Gasteiger partial charge >= 0.3 is 0 Å². The summed E-state index contributed by atoms with van der Waals surface area (Å²) in [5.41, 5.74) is 1.09. The maximum atomic E-state index is 10.0. The zero-order chi connectivity index (χ0) is 8.84. The van der Waals surface area contributed by atoms with Crippen LogP contribution >= 0.6 is 11.3 Å². The molecule has 3 rings (SSSR count). The highest BCUT2D eigenvalue weighted by molar-refractivity contribution is 7.07. The van der Waals surface area contributed by atoms with E-state index in [4.69, 9.17) is 4.74 Å². The Kier molecular flexibility index (Phi) is 1.72. The molecule has 2 nitrogen and oxygen atoms in total. The van der Waals surface area contributed by atoms with Gasteiger partial charge in [-0.3, -0.25) is 0 Å². The molecule has 0 spiro atoms. The number of hydrogen-bond acceptors (Lipinski definition) is 3. The van der Waals surface area contributed by atoms with Crippen molar-refractivity contribution in [2.75, 3.05) is 13.2 Å². The predicted octanol–water partition coefficient (Wildman–Crippen LogP) is 1.67. The molecule has 70 valence electrons. The maximum absolute atomic E-state index is 10.0. The topological polar surface area (TPSA) is 29.5 Å². The van der Waals surface area contributed by atoms with Crippen LogP contribution in [0.2, 0.25) is 0 Å². The average molecular weight is 196 g/mol. The summed E-state index contributed by atoms with van der Waals surface area (Å²) < 4.78 is 5.30. The second kappa shape index (κ2) is 2.80. The van der Waals surface area contributed by atoms with Crippen LogP contribution in [0.4, 0.5) is 0 Å². The molecule has 2 heterocycles. The molecule has 3 unspecified atom stereocenters. The highest BCUT2D eigenvalue weighted by atomic mass is 32.1. The fraction of sp³-hybridized carbons (Fsp3) is 0.600. The number of aliphatic hydroxyl groups is 1. The first-order chi connectivity index (χ1) is 6.38. The standard InChI is InChI=1S/C10H12O2S/c11-10(6-1-2-13-5-6)9-7-3-12-4-8(7)9/h1-2,5,7-11H,3-4H2. The third-order valence-electron chi connectivity index (χ3n) is 3.27. The molecule has 3 heteroatoms. The van der Waals surface area contributed by atoms with E-state index >= 15 is 0 Å². The molecule has 1 N–H and O–H groups in total. The van der Waals surface area contributed by atoms with Crippen molar-refractivity contribution in [3.8, 4) is 0 Å². The van der Waals surface area contributed by atoms with Crippen LogP contribution in [0.5, 0.6) is 0 Å². The zero-order valence-electron chi connectivity index (χ0n) is 7.22. The number of rotatable bonds is 2. The molecule has 0 aromatic carbocycles. The molecule has 1 aliphatic carbocycles. The average Bonchev–Trinajstić information content (AvgIpc) is 2.68. The first kappa shape index (κ1) is 7.97. The number of hydrogen-bond donors (Lipinski definition) is 1. The van der Waals surface area contributed by atoms with Gasteiger partial charge in [-0.15, -0.1) is 0 Å². The quantitative estimate of drug-likeness (QED) is 0.779. The minimum absolute atomic E-state index is 0.245. The minimum Gasteiger partial charge on any atom is -0.388 e. The molecular formula is C10H12O2S. The summed E-state index contributed by atoms with van der Waals surface area (Å²) in [4.78, 5) is 0. The van der Waals surface area contributed by atoms with Gasteiger partial charge in [-0.05, 0) is 40.1 Å². The second-order valence-corrected chi connectivity index (χ2v) is 4.72. The van der Waals surface area contributed by atoms with Gasteiger partial charge in [0.2, 0.25) is 0 Å². The van der Waals surface area contributed by atoms with Crippen LogP contribution in [0.25, 0.3) is 0 Å². The highest BCUT2D eigenvalue weighted by Gasteiger charge is 2.57. The number of ether oxygens (including phenoxy) is 1. The van der Waals surface area contributed by atoms with Gasteiger partial charge in [-0.2, -0.15) is 11.3 Å². The Balaban J connectivity index is 1.74. The Labute approximate surface area is 81.2 Å². The summed E-state index contributed by atoms with van der Waals surface area (Å²) in [7, 11) is 0. The van der Waals surface area contributed by atoms with Crippen molar-refractivity contribution in [3.63, 3.8) is 0 Å². The van der Waals surface area contributed by atoms with E-state index in [1.54, 1.807) is 11.3 Å². The lowest BCUT2D eigenvalue weighted by molar-refractivity contribution is 0.0889. The first-order valence-corrected chi connectivity index (χ1v) is 5.60. The summed E-state index contributed by atoms with van der Waals surface area (Å²) in [6.45, 7) is 1.72. The van der Waals surface area contributed by atoms with Gasteiger partial charge in [0.05, 0.1) is 19.3 Å². The maximum Gasteiger partial charge on any atom is 0.0833 e. The number of aliphatic hydroxyl groups excluding tert-OH is 1. The van der Waals surface area contributed by atoms with Gasteiger partial charge in [-0.25, -0.2) is 0 Å². The van der Waals surface area contributed by atoms with Gasteiger partial charge in [-0.1, -0.05) is 0 Å². The second-order valence-electron chi connectivity index (χ2n) is 3.94. The van der Waals surface area contributed by atoms with E-state index in [1.807, 2.05) is 16.8 Å². The molecule has 2 aliphatic rings. The molecule has 1 saturated carbocycles. The smallest absolute Gasteiger partial charge is 0.0833 e. The predicted molar refractivity (Wildman–Crippen MR) is 50.6 cm³/mol.